The highest BCUT2D eigenvalue weighted by Gasteiger charge is 2.12. The molecule has 0 aliphatic rings. The van der Waals surface area contributed by atoms with E-state index in [2.05, 4.69) is 28.2 Å². The Morgan fingerprint density at radius 1 is 1.08 bits per heavy atom. The van der Waals surface area contributed by atoms with Gasteiger partial charge in [0.25, 0.3) is 0 Å². The van der Waals surface area contributed by atoms with Crippen LogP contribution in [0, 0.1) is 0 Å². The van der Waals surface area contributed by atoms with Crippen molar-refractivity contribution in [1.82, 2.24) is 5.32 Å². The predicted molar refractivity (Wildman–Crippen MR) is 115 cm³/mol. The summed E-state index contributed by atoms with van der Waals surface area (Å²) in [6.07, 6.45) is 2.35. The van der Waals surface area contributed by atoms with E-state index in [1.807, 2.05) is 18.2 Å². The summed E-state index contributed by atoms with van der Waals surface area (Å²) in [7, 11) is 1.64. The van der Waals surface area contributed by atoms with E-state index in [9.17, 15) is 0 Å². The van der Waals surface area contributed by atoms with Crippen molar-refractivity contribution in [2.24, 2.45) is 0 Å². The van der Waals surface area contributed by atoms with Gasteiger partial charge in [-0.05, 0) is 64.3 Å². The van der Waals surface area contributed by atoms with Gasteiger partial charge in [-0.15, -0.1) is 12.4 Å². The molecule has 144 valence electrons. The molecule has 0 aliphatic carbocycles. The van der Waals surface area contributed by atoms with E-state index < -0.39 is 0 Å². The average Bonchev–Trinajstić information content (AvgIpc) is 2.60. The predicted octanol–water partition coefficient (Wildman–Crippen LogP) is 6.66. The Labute approximate surface area is 179 Å². The van der Waals surface area contributed by atoms with Crippen LogP contribution in [0.25, 0.3) is 0 Å². The zero-order valence-electron chi connectivity index (χ0n) is 14.8. The van der Waals surface area contributed by atoms with Crippen LogP contribution < -0.4 is 14.8 Å². The summed E-state index contributed by atoms with van der Waals surface area (Å²) in [6, 6.07) is 9.50. The molecule has 0 bridgehead atoms. The molecule has 0 aliphatic heterocycles. The molecular formula is C19H23BrCl3NO2. The van der Waals surface area contributed by atoms with Gasteiger partial charge in [-0.3, -0.25) is 0 Å². The van der Waals surface area contributed by atoms with Crippen molar-refractivity contribution >= 4 is 51.5 Å². The first-order chi connectivity index (χ1) is 12.0. The Kier molecular flexibility index (Phi) is 10.7. The quantitative estimate of drug-likeness (QED) is 0.405. The van der Waals surface area contributed by atoms with Crippen molar-refractivity contribution < 1.29 is 9.47 Å². The standard InChI is InChI=1S/C19H22BrCl2NO2.ClH/c1-3-4-7-23-11-14-8-15(20)19(18(10-14)24-2)25-12-13-5-6-16(21)17(22)9-13;/h5-6,8-10,23H,3-4,7,11-12H2,1-2H3;1H. The number of methoxy groups -OCH3 is 1. The number of hydrogen-bond donors (Lipinski definition) is 1. The molecule has 1 N–H and O–H groups in total. The highest BCUT2D eigenvalue weighted by molar-refractivity contribution is 9.10. The molecule has 7 heteroatoms. The van der Waals surface area contributed by atoms with E-state index in [4.69, 9.17) is 32.7 Å². The summed E-state index contributed by atoms with van der Waals surface area (Å²) in [6.45, 7) is 4.36. The van der Waals surface area contributed by atoms with Crippen LogP contribution in [0.1, 0.15) is 30.9 Å². The Morgan fingerprint density at radius 3 is 2.50 bits per heavy atom. The van der Waals surface area contributed by atoms with Crippen molar-refractivity contribution in [3.63, 3.8) is 0 Å². The molecule has 0 unspecified atom stereocenters. The molecule has 0 atom stereocenters. The molecule has 0 aromatic heterocycles. The summed E-state index contributed by atoms with van der Waals surface area (Å²) in [5, 5.41) is 4.47. The normalized spacial score (nSPS) is 10.3. The third kappa shape index (κ3) is 6.82. The lowest BCUT2D eigenvalue weighted by molar-refractivity contribution is 0.282. The van der Waals surface area contributed by atoms with Gasteiger partial charge in [0.05, 0.1) is 21.6 Å². The third-order valence-electron chi connectivity index (χ3n) is 3.69. The van der Waals surface area contributed by atoms with Crippen LogP contribution in [0.5, 0.6) is 11.5 Å². The largest absolute Gasteiger partial charge is 0.493 e. The molecule has 3 nitrogen and oxygen atoms in total. The first kappa shape index (κ1) is 23.4. The molecule has 0 heterocycles. The van der Waals surface area contributed by atoms with Crippen LogP contribution in [0.4, 0.5) is 0 Å². The molecule has 0 saturated carbocycles. The topological polar surface area (TPSA) is 30.5 Å². The van der Waals surface area contributed by atoms with Crippen molar-refractivity contribution in [3.05, 3.63) is 56.0 Å². The molecule has 2 rings (SSSR count). The van der Waals surface area contributed by atoms with E-state index in [0.29, 0.717) is 28.2 Å². The molecule has 0 saturated heterocycles. The van der Waals surface area contributed by atoms with Gasteiger partial charge in [0.2, 0.25) is 0 Å². The van der Waals surface area contributed by atoms with Crippen molar-refractivity contribution in [1.29, 1.82) is 0 Å². The van der Waals surface area contributed by atoms with Gasteiger partial charge in [0, 0.05) is 6.54 Å². The number of unbranched alkanes of at least 4 members (excludes halogenated alkanes) is 1. The summed E-state index contributed by atoms with van der Waals surface area (Å²) in [4.78, 5) is 0. The minimum atomic E-state index is 0. The summed E-state index contributed by atoms with van der Waals surface area (Å²) in [5.41, 5.74) is 2.08. The second-order valence-electron chi connectivity index (χ2n) is 5.68. The third-order valence-corrected chi connectivity index (χ3v) is 5.02. The van der Waals surface area contributed by atoms with Gasteiger partial charge in [-0.1, -0.05) is 42.6 Å². The second kappa shape index (κ2) is 11.9. The Bertz CT molecular complexity index is 713. The van der Waals surface area contributed by atoms with Gasteiger partial charge in [-0.25, -0.2) is 0 Å². The van der Waals surface area contributed by atoms with Gasteiger partial charge in [0.1, 0.15) is 6.61 Å². The van der Waals surface area contributed by atoms with Crippen molar-refractivity contribution in [2.45, 2.75) is 32.9 Å². The Balaban J connectivity index is 0.00000338. The van der Waals surface area contributed by atoms with E-state index in [1.54, 1.807) is 19.2 Å². The number of halogens is 4. The number of nitrogens with one attached hydrogen (secondary N) is 1. The Morgan fingerprint density at radius 2 is 1.85 bits per heavy atom. The fourth-order valence-electron chi connectivity index (χ4n) is 2.33. The molecule has 2 aromatic rings. The van der Waals surface area contributed by atoms with Gasteiger partial charge in [-0.2, -0.15) is 0 Å². The first-order valence-electron chi connectivity index (χ1n) is 8.19. The van der Waals surface area contributed by atoms with Crippen molar-refractivity contribution in [2.75, 3.05) is 13.7 Å². The second-order valence-corrected chi connectivity index (χ2v) is 7.35. The lowest BCUT2D eigenvalue weighted by Gasteiger charge is -2.15. The maximum absolute atomic E-state index is 6.05. The SMILES string of the molecule is CCCCNCc1cc(Br)c(OCc2ccc(Cl)c(Cl)c2)c(OC)c1.Cl. The molecular weight excluding hydrogens is 460 g/mol. The maximum Gasteiger partial charge on any atom is 0.175 e. The molecule has 0 spiro atoms. The van der Waals surface area contributed by atoms with Crippen LogP contribution in [0.15, 0.2) is 34.8 Å². The number of hydrogen-bond acceptors (Lipinski definition) is 3. The average molecular weight is 484 g/mol. The lowest BCUT2D eigenvalue weighted by atomic mass is 10.2. The van der Waals surface area contributed by atoms with Crippen LogP contribution in [-0.4, -0.2) is 13.7 Å². The fourth-order valence-corrected chi connectivity index (χ4v) is 3.26. The van der Waals surface area contributed by atoms with Crippen LogP contribution in [0.2, 0.25) is 10.0 Å². The van der Waals surface area contributed by atoms with E-state index in [-0.39, 0.29) is 12.4 Å². The van der Waals surface area contributed by atoms with Crippen molar-refractivity contribution in [3.8, 4) is 11.5 Å². The highest BCUT2D eigenvalue weighted by atomic mass is 79.9. The van der Waals surface area contributed by atoms with Gasteiger partial charge >= 0.3 is 0 Å². The summed E-state index contributed by atoms with van der Waals surface area (Å²) >= 11 is 15.6. The Hall–Kier alpha value is -0.650. The first-order valence-corrected chi connectivity index (χ1v) is 9.74. The number of ether oxygens (including phenoxy) is 2. The van der Waals surface area contributed by atoms with E-state index >= 15 is 0 Å². The smallest absolute Gasteiger partial charge is 0.175 e. The highest BCUT2D eigenvalue weighted by Crippen LogP contribution is 2.37. The number of benzene rings is 2. The minimum absolute atomic E-state index is 0. The van der Waals surface area contributed by atoms with E-state index in [1.165, 1.54) is 12.8 Å². The molecule has 0 amide bonds. The fraction of sp³-hybridized carbons (Fsp3) is 0.368. The summed E-state index contributed by atoms with van der Waals surface area (Å²) in [5.74, 6) is 1.37. The minimum Gasteiger partial charge on any atom is -0.493 e. The van der Waals surface area contributed by atoms with Crippen LogP contribution >= 0.6 is 51.5 Å². The zero-order chi connectivity index (χ0) is 18.2. The van der Waals surface area contributed by atoms with Gasteiger partial charge in [0.15, 0.2) is 11.5 Å². The lowest BCUT2D eigenvalue weighted by Crippen LogP contribution is -2.14. The molecule has 0 radical (unpaired) electrons. The molecule has 0 fully saturated rings. The maximum atomic E-state index is 6.05. The van der Waals surface area contributed by atoms with Crippen LogP contribution in [0.3, 0.4) is 0 Å². The molecule has 26 heavy (non-hydrogen) atoms. The zero-order valence-corrected chi connectivity index (χ0v) is 18.7. The van der Waals surface area contributed by atoms with E-state index in [0.717, 1.165) is 28.7 Å². The van der Waals surface area contributed by atoms with Gasteiger partial charge < -0.3 is 14.8 Å². The molecule has 2 aromatic carbocycles. The monoisotopic (exact) mass is 481 g/mol. The number of rotatable bonds is 9. The van der Waals surface area contributed by atoms with Crippen LogP contribution in [-0.2, 0) is 13.2 Å². The summed E-state index contributed by atoms with van der Waals surface area (Å²) < 4.78 is 12.3.